The monoisotopic (exact) mass is 382 g/mol. The summed E-state index contributed by atoms with van der Waals surface area (Å²) in [5, 5.41) is -0.268. The van der Waals surface area contributed by atoms with E-state index in [0.717, 1.165) is 40.2 Å². The third-order valence-corrected chi connectivity index (χ3v) is 5.46. The van der Waals surface area contributed by atoms with Gasteiger partial charge in [-0.3, -0.25) is 14.5 Å². The van der Waals surface area contributed by atoms with Crippen molar-refractivity contribution in [3.63, 3.8) is 0 Å². The highest BCUT2D eigenvalue weighted by Gasteiger charge is 2.34. The first kappa shape index (κ1) is 17.5. The van der Waals surface area contributed by atoms with Crippen LogP contribution in [0, 0.1) is 13.8 Å². The topological polar surface area (TPSA) is 60.8 Å². The minimum atomic E-state index is -0.280. The van der Waals surface area contributed by atoms with Crippen molar-refractivity contribution in [3.05, 3.63) is 58.8 Å². The van der Waals surface area contributed by atoms with Crippen LogP contribution >= 0.6 is 11.8 Å². The fourth-order valence-electron chi connectivity index (χ4n) is 3.28. The lowest BCUT2D eigenvalue weighted by Gasteiger charge is -2.10. The number of aryl methyl sites for hydroxylation is 1. The van der Waals surface area contributed by atoms with Crippen molar-refractivity contribution in [1.29, 1.82) is 0 Å². The Labute approximate surface area is 161 Å². The molecule has 0 spiro atoms. The molecule has 0 radical (unpaired) electrons. The lowest BCUT2D eigenvalue weighted by Crippen LogP contribution is -2.27. The van der Waals surface area contributed by atoms with E-state index in [0.29, 0.717) is 10.7 Å². The van der Waals surface area contributed by atoms with Crippen LogP contribution in [0.1, 0.15) is 17.0 Å². The fraction of sp³-hybridized carbons (Fsp3) is 0.200. The van der Waals surface area contributed by atoms with Crippen molar-refractivity contribution in [2.75, 3.05) is 13.3 Å². The second-order valence-corrected chi connectivity index (χ2v) is 7.27. The molecule has 2 aliphatic rings. The number of carbonyl (C=O) groups is 2. The Morgan fingerprint density at radius 3 is 2.74 bits per heavy atom. The number of rotatable bonds is 4. The van der Waals surface area contributed by atoms with Crippen molar-refractivity contribution >= 4 is 29.0 Å². The Hall–Kier alpha value is -2.93. The maximum absolute atomic E-state index is 12.4. The SMILES string of the molecule is C=CCN1C(=O)SC(=Cc2cc(C)n(-c3ccc4c(c3)OCO4)c2C)C1=O. The Morgan fingerprint density at radius 2 is 1.96 bits per heavy atom. The predicted molar refractivity (Wildman–Crippen MR) is 104 cm³/mol. The van der Waals surface area contributed by atoms with Crippen LogP contribution in [-0.2, 0) is 4.79 Å². The van der Waals surface area contributed by atoms with Crippen molar-refractivity contribution in [1.82, 2.24) is 9.47 Å². The van der Waals surface area contributed by atoms with Gasteiger partial charge < -0.3 is 14.0 Å². The van der Waals surface area contributed by atoms with E-state index in [1.807, 2.05) is 38.1 Å². The second-order valence-electron chi connectivity index (χ2n) is 6.28. The molecule has 7 heteroatoms. The molecule has 0 unspecified atom stereocenters. The van der Waals surface area contributed by atoms with Gasteiger partial charge in [0.25, 0.3) is 11.1 Å². The van der Waals surface area contributed by atoms with Gasteiger partial charge in [0.05, 0.1) is 4.91 Å². The van der Waals surface area contributed by atoms with Crippen LogP contribution in [0.4, 0.5) is 4.79 Å². The van der Waals surface area contributed by atoms with Gasteiger partial charge in [0, 0.05) is 29.7 Å². The zero-order valence-electron chi connectivity index (χ0n) is 15.0. The molecule has 0 N–H and O–H groups in total. The third kappa shape index (κ3) is 2.94. The number of aromatic nitrogens is 1. The summed E-state index contributed by atoms with van der Waals surface area (Å²) in [6.45, 7) is 8.02. The van der Waals surface area contributed by atoms with Gasteiger partial charge in [-0.15, -0.1) is 6.58 Å². The highest BCUT2D eigenvalue weighted by molar-refractivity contribution is 8.18. The minimum absolute atomic E-state index is 0.220. The molecular weight excluding hydrogens is 364 g/mol. The number of ether oxygens (including phenoxy) is 2. The molecule has 2 aromatic rings. The molecule has 2 aliphatic heterocycles. The van der Waals surface area contributed by atoms with Gasteiger partial charge in [-0.1, -0.05) is 6.08 Å². The maximum atomic E-state index is 12.4. The largest absolute Gasteiger partial charge is 0.454 e. The van der Waals surface area contributed by atoms with Gasteiger partial charge >= 0.3 is 0 Å². The van der Waals surface area contributed by atoms with Gasteiger partial charge in [-0.05, 0) is 55.4 Å². The van der Waals surface area contributed by atoms with Crippen LogP contribution in [0.2, 0.25) is 0 Å². The summed E-state index contributed by atoms with van der Waals surface area (Å²) in [6, 6.07) is 7.79. The summed E-state index contributed by atoms with van der Waals surface area (Å²) in [7, 11) is 0. The lowest BCUT2D eigenvalue weighted by molar-refractivity contribution is -0.122. The van der Waals surface area contributed by atoms with Crippen molar-refractivity contribution in [2.45, 2.75) is 13.8 Å². The Kier molecular flexibility index (Phi) is 4.31. The minimum Gasteiger partial charge on any atom is -0.454 e. The molecule has 0 aliphatic carbocycles. The lowest BCUT2D eigenvalue weighted by atomic mass is 10.2. The van der Waals surface area contributed by atoms with Gasteiger partial charge in [0.15, 0.2) is 11.5 Å². The number of amides is 2. The number of nitrogens with zero attached hydrogens (tertiary/aromatic N) is 2. The molecule has 6 nitrogen and oxygen atoms in total. The van der Waals surface area contributed by atoms with Crippen molar-refractivity contribution < 1.29 is 19.1 Å². The van der Waals surface area contributed by atoms with Gasteiger partial charge in [-0.25, -0.2) is 0 Å². The van der Waals surface area contributed by atoms with Crippen molar-refractivity contribution in [2.24, 2.45) is 0 Å². The summed E-state index contributed by atoms with van der Waals surface area (Å²) in [5.74, 6) is 1.17. The molecule has 27 heavy (non-hydrogen) atoms. The smallest absolute Gasteiger partial charge is 0.293 e. The Balaban J connectivity index is 1.71. The number of thioether (sulfide) groups is 1. The first-order chi connectivity index (χ1) is 13.0. The van der Waals surface area contributed by atoms with E-state index in [-0.39, 0.29) is 24.5 Å². The molecule has 1 aromatic heterocycles. The van der Waals surface area contributed by atoms with Crippen LogP contribution in [0.15, 0.2) is 41.8 Å². The fourth-order valence-corrected chi connectivity index (χ4v) is 4.12. The zero-order valence-corrected chi connectivity index (χ0v) is 15.8. The Bertz CT molecular complexity index is 1010. The highest BCUT2D eigenvalue weighted by atomic mass is 32.2. The number of hydrogen-bond acceptors (Lipinski definition) is 5. The predicted octanol–water partition coefficient (Wildman–Crippen LogP) is 4.05. The van der Waals surface area contributed by atoms with E-state index in [9.17, 15) is 9.59 Å². The summed E-state index contributed by atoms with van der Waals surface area (Å²) >= 11 is 0.957. The summed E-state index contributed by atoms with van der Waals surface area (Å²) in [6.07, 6.45) is 3.32. The molecule has 1 saturated heterocycles. The number of fused-ring (bicyclic) bond motifs is 1. The van der Waals surface area contributed by atoms with E-state index in [2.05, 4.69) is 11.1 Å². The number of benzene rings is 1. The standard InChI is InChI=1S/C20H18N2O4S/c1-4-7-21-19(23)18(27-20(21)24)9-14-8-12(2)22(13(14)3)15-5-6-16-17(10-15)26-11-25-16/h4-6,8-10H,1,7,11H2,2-3H3. The average molecular weight is 382 g/mol. The number of carbonyl (C=O) groups excluding carboxylic acids is 2. The van der Waals surface area contributed by atoms with E-state index < -0.39 is 0 Å². The van der Waals surface area contributed by atoms with E-state index in [1.54, 1.807) is 12.2 Å². The zero-order chi connectivity index (χ0) is 19.1. The van der Waals surface area contributed by atoms with E-state index in [4.69, 9.17) is 9.47 Å². The van der Waals surface area contributed by atoms with E-state index in [1.165, 1.54) is 4.90 Å². The molecular formula is C20H18N2O4S. The average Bonchev–Trinajstić information content (AvgIpc) is 3.28. The second kappa shape index (κ2) is 6.66. The molecule has 2 amide bonds. The summed E-state index contributed by atoms with van der Waals surface area (Å²) < 4.78 is 12.9. The first-order valence-electron chi connectivity index (χ1n) is 8.45. The van der Waals surface area contributed by atoms with Gasteiger partial charge in [-0.2, -0.15) is 0 Å². The maximum Gasteiger partial charge on any atom is 0.293 e. The van der Waals surface area contributed by atoms with Crippen molar-refractivity contribution in [3.8, 4) is 17.2 Å². The molecule has 4 rings (SSSR count). The van der Waals surface area contributed by atoms with Crippen LogP contribution in [-0.4, -0.2) is 34.0 Å². The molecule has 1 aromatic carbocycles. The molecule has 0 saturated carbocycles. The highest BCUT2D eigenvalue weighted by Crippen LogP contribution is 2.36. The summed E-state index contributed by atoms with van der Waals surface area (Å²) in [5.41, 5.74) is 3.84. The van der Waals surface area contributed by atoms with Crippen LogP contribution in [0.5, 0.6) is 11.5 Å². The van der Waals surface area contributed by atoms with Crippen LogP contribution in [0.3, 0.4) is 0 Å². The number of imide groups is 1. The van der Waals surface area contributed by atoms with E-state index >= 15 is 0 Å². The Morgan fingerprint density at radius 1 is 1.19 bits per heavy atom. The third-order valence-electron chi connectivity index (χ3n) is 4.56. The van der Waals surface area contributed by atoms with Crippen LogP contribution in [0.25, 0.3) is 11.8 Å². The first-order valence-corrected chi connectivity index (χ1v) is 9.26. The van der Waals surface area contributed by atoms with Crippen LogP contribution < -0.4 is 9.47 Å². The molecule has 1 fully saturated rings. The molecule has 3 heterocycles. The molecule has 0 atom stereocenters. The van der Waals surface area contributed by atoms with Gasteiger partial charge in [0.1, 0.15) is 0 Å². The number of hydrogen-bond donors (Lipinski definition) is 0. The summed E-state index contributed by atoms with van der Waals surface area (Å²) in [4.78, 5) is 26.1. The quantitative estimate of drug-likeness (QED) is 0.590. The van der Waals surface area contributed by atoms with Gasteiger partial charge in [0.2, 0.25) is 6.79 Å². The normalized spacial score (nSPS) is 17.3. The molecule has 0 bridgehead atoms. The molecule has 138 valence electrons.